The summed E-state index contributed by atoms with van der Waals surface area (Å²) in [6, 6.07) is 12.3. The highest BCUT2D eigenvalue weighted by molar-refractivity contribution is 5.73. The maximum Gasteiger partial charge on any atom is 0.217 e. The average molecular weight is 371 g/mol. The monoisotopic (exact) mass is 371 g/mol. The summed E-state index contributed by atoms with van der Waals surface area (Å²) in [5, 5.41) is 2.90. The third-order valence-electron chi connectivity index (χ3n) is 4.80. The number of hydrogen-bond donors (Lipinski definition) is 1. The number of benzene rings is 1. The van der Waals surface area contributed by atoms with Gasteiger partial charge in [-0.15, -0.1) is 0 Å². The summed E-state index contributed by atoms with van der Waals surface area (Å²) in [7, 11) is 0. The van der Waals surface area contributed by atoms with Crippen LogP contribution in [0.2, 0.25) is 0 Å². The summed E-state index contributed by atoms with van der Waals surface area (Å²) < 4.78 is 17.5. The van der Waals surface area contributed by atoms with Crippen molar-refractivity contribution in [3.8, 4) is 5.75 Å². The van der Waals surface area contributed by atoms with E-state index in [9.17, 15) is 9.18 Å². The van der Waals surface area contributed by atoms with Crippen LogP contribution in [0, 0.1) is 0 Å². The topological polar surface area (TPSA) is 54.5 Å². The number of pyridine rings is 1. The predicted molar refractivity (Wildman–Crippen MR) is 104 cm³/mol. The second-order valence-corrected chi connectivity index (χ2v) is 6.93. The Kier molecular flexibility index (Phi) is 6.27. The van der Waals surface area contributed by atoms with Crippen molar-refractivity contribution in [1.29, 1.82) is 0 Å². The molecule has 27 heavy (non-hydrogen) atoms. The number of amides is 1. The van der Waals surface area contributed by atoms with Crippen LogP contribution in [0.15, 0.2) is 42.6 Å². The van der Waals surface area contributed by atoms with Crippen molar-refractivity contribution in [2.45, 2.75) is 32.2 Å². The van der Waals surface area contributed by atoms with Crippen LogP contribution >= 0.6 is 0 Å². The lowest BCUT2D eigenvalue weighted by Gasteiger charge is -2.40. The van der Waals surface area contributed by atoms with E-state index in [0.29, 0.717) is 24.7 Å². The summed E-state index contributed by atoms with van der Waals surface area (Å²) in [6.45, 7) is 5.38. The van der Waals surface area contributed by atoms with Gasteiger partial charge >= 0.3 is 0 Å². The van der Waals surface area contributed by atoms with Gasteiger partial charge in [0.25, 0.3) is 0 Å². The molecule has 0 radical (unpaired) electrons. The van der Waals surface area contributed by atoms with Crippen molar-refractivity contribution in [3.63, 3.8) is 0 Å². The average Bonchev–Trinajstić information content (AvgIpc) is 2.62. The molecule has 2 aromatic rings. The lowest BCUT2D eigenvalue weighted by atomic mass is 9.90. The Labute approximate surface area is 159 Å². The van der Waals surface area contributed by atoms with E-state index in [1.165, 1.54) is 12.5 Å². The highest BCUT2D eigenvalue weighted by atomic mass is 19.1. The first-order chi connectivity index (χ1) is 13.1. The Hall–Kier alpha value is -2.63. The van der Waals surface area contributed by atoms with Crippen LogP contribution in [0.3, 0.4) is 0 Å². The molecular formula is C21H26FN3O2. The normalized spacial score (nSPS) is 15.1. The van der Waals surface area contributed by atoms with Crippen molar-refractivity contribution < 1.29 is 13.9 Å². The number of carbonyl (C=O) groups excluding carboxylic acids is 1. The summed E-state index contributed by atoms with van der Waals surface area (Å²) in [5.74, 6) is 2.07. The number of halogens is 1. The predicted octanol–water partition coefficient (Wildman–Crippen LogP) is 3.62. The molecule has 1 aliphatic heterocycles. The molecule has 6 heteroatoms. The van der Waals surface area contributed by atoms with Crippen molar-refractivity contribution in [1.82, 2.24) is 10.3 Å². The molecular weight excluding hydrogens is 345 g/mol. The van der Waals surface area contributed by atoms with E-state index < -0.39 is 0 Å². The lowest BCUT2D eigenvalue weighted by molar-refractivity contribution is -0.119. The zero-order valence-electron chi connectivity index (χ0n) is 15.8. The van der Waals surface area contributed by atoms with Crippen molar-refractivity contribution in [2.75, 3.05) is 31.3 Å². The molecule has 3 rings (SSSR count). The van der Waals surface area contributed by atoms with E-state index in [0.717, 1.165) is 24.5 Å². The number of hydrogen-bond acceptors (Lipinski definition) is 4. The van der Waals surface area contributed by atoms with Crippen LogP contribution in [0.25, 0.3) is 0 Å². The van der Waals surface area contributed by atoms with Gasteiger partial charge in [0.15, 0.2) is 0 Å². The molecule has 1 fully saturated rings. The third-order valence-corrected chi connectivity index (χ3v) is 4.80. The van der Waals surface area contributed by atoms with Crippen LogP contribution in [-0.2, 0) is 4.79 Å². The van der Waals surface area contributed by atoms with Crippen molar-refractivity contribution in [3.05, 3.63) is 53.7 Å². The first kappa shape index (κ1) is 19.1. The van der Waals surface area contributed by atoms with Crippen molar-refractivity contribution in [2.24, 2.45) is 0 Å². The molecule has 5 nitrogen and oxygen atoms in total. The molecule has 0 saturated carbocycles. The molecule has 1 N–H and O–H groups in total. The standard InChI is InChI=1S/C21H26FN3O2/c1-15(24-16(2)26)17-4-6-18(7-5-17)19-13-25(14-19)21-9-8-20(12-23-21)27-11-3-10-22/h4-9,12,15,19H,3,10-11,13-14H2,1-2H3,(H,24,26). The third kappa shape index (κ3) is 4.96. The van der Waals surface area contributed by atoms with E-state index in [1.54, 1.807) is 6.20 Å². The molecule has 1 unspecified atom stereocenters. The van der Waals surface area contributed by atoms with E-state index >= 15 is 0 Å². The Bertz CT molecular complexity index is 743. The Morgan fingerprint density at radius 1 is 1.30 bits per heavy atom. The highest BCUT2D eigenvalue weighted by Gasteiger charge is 2.29. The Morgan fingerprint density at radius 3 is 2.63 bits per heavy atom. The van der Waals surface area contributed by atoms with E-state index in [1.807, 2.05) is 19.1 Å². The summed E-state index contributed by atoms with van der Waals surface area (Å²) in [4.78, 5) is 17.8. The number of ether oxygens (including phenoxy) is 1. The van der Waals surface area contributed by atoms with Gasteiger partial charge in [-0.3, -0.25) is 9.18 Å². The molecule has 1 saturated heterocycles. The number of nitrogens with zero attached hydrogens (tertiary/aromatic N) is 2. The van der Waals surface area contributed by atoms with Gasteiger partial charge in [-0.05, 0) is 30.2 Å². The van der Waals surface area contributed by atoms with Gasteiger partial charge in [0.1, 0.15) is 11.6 Å². The lowest BCUT2D eigenvalue weighted by Crippen LogP contribution is -2.45. The zero-order valence-corrected chi connectivity index (χ0v) is 15.8. The smallest absolute Gasteiger partial charge is 0.217 e. The first-order valence-corrected chi connectivity index (χ1v) is 9.33. The molecule has 1 aromatic carbocycles. The molecule has 2 heterocycles. The molecule has 144 valence electrons. The molecule has 0 spiro atoms. The van der Waals surface area contributed by atoms with Gasteiger partial charge in [-0.25, -0.2) is 4.98 Å². The molecule has 1 amide bonds. The Balaban J connectivity index is 1.51. The second-order valence-electron chi connectivity index (χ2n) is 6.93. The minimum absolute atomic E-state index is 0.0178. The minimum Gasteiger partial charge on any atom is -0.492 e. The fourth-order valence-corrected chi connectivity index (χ4v) is 3.21. The first-order valence-electron chi connectivity index (χ1n) is 9.33. The van der Waals surface area contributed by atoms with Crippen molar-refractivity contribution >= 4 is 11.7 Å². The number of anilines is 1. The van der Waals surface area contributed by atoms with Crippen LogP contribution in [0.4, 0.5) is 10.2 Å². The number of nitrogens with one attached hydrogen (secondary N) is 1. The van der Waals surface area contributed by atoms with E-state index in [-0.39, 0.29) is 18.6 Å². The number of carbonyl (C=O) groups is 1. The van der Waals surface area contributed by atoms with Crippen LogP contribution in [-0.4, -0.2) is 37.3 Å². The molecule has 0 bridgehead atoms. The number of aromatic nitrogens is 1. The Morgan fingerprint density at radius 2 is 2.04 bits per heavy atom. The number of rotatable bonds is 8. The largest absolute Gasteiger partial charge is 0.492 e. The SMILES string of the molecule is CC(=O)NC(C)c1ccc(C2CN(c3ccc(OCCCF)cn3)C2)cc1. The molecule has 1 aromatic heterocycles. The summed E-state index contributed by atoms with van der Waals surface area (Å²) in [6.07, 6.45) is 2.09. The van der Waals surface area contributed by atoms with Crippen LogP contribution < -0.4 is 15.0 Å². The second kappa shape index (κ2) is 8.84. The fraction of sp³-hybridized carbons (Fsp3) is 0.429. The van der Waals surface area contributed by atoms with Gasteiger partial charge in [0, 0.05) is 32.4 Å². The molecule has 1 atom stereocenters. The van der Waals surface area contributed by atoms with Gasteiger partial charge in [-0.1, -0.05) is 24.3 Å². The fourth-order valence-electron chi connectivity index (χ4n) is 3.21. The quantitative estimate of drug-likeness (QED) is 0.720. The highest BCUT2D eigenvalue weighted by Crippen LogP contribution is 2.31. The number of alkyl halides is 1. The van der Waals surface area contributed by atoms with Crippen LogP contribution in [0.1, 0.15) is 43.4 Å². The molecule has 1 aliphatic rings. The van der Waals surface area contributed by atoms with Gasteiger partial charge < -0.3 is 15.0 Å². The zero-order chi connectivity index (χ0) is 19.2. The summed E-state index contributed by atoms with van der Waals surface area (Å²) in [5.41, 5.74) is 2.41. The summed E-state index contributed by atoms with van der Waals surface area (Å²) >= 11 is 0. The van der Waals surface area contributed by atoms with Gasteiger partial charge in [0.2, 0.25) is 5.91 Å². The van der Waals surface area contributed by atoms with Crippen LogP contribution in [0.5, 0.6) is 5.75 Å². The van der Waals surface area contributed by atoms with Gasteiger partial charge in [0.05, 0.1) is 25.5 Å². The maximum atomic E-state index is 12.1. The maximum absolute atomic E-state index is 12.1. The molecule has 0 aliphatic carbocycles. The van der Waals surface area contributed by atoms with E-state index in [4.69, 9.17) is 4.74 Å². The minimum atomic E-state index is -0.367. The van der Waals surface area contributed by atoms with E-state index in [2.05, 4.69) is 39.5 Å². The van der Waals surface area contributed by atoms with Gasteiger partial charge in [-0.2, -0.15) is 0 Å².